The summed E-state index contributed by atoms with van der Waals surface area (Å²) in [5.41, 5.74) is 3.21. The minimum Gasteiger partial charge on any atom is -0.477 e. The van der Waals surface area contributed by atoms with Crippen molar-refractivity contribution in [2.75, 3.05) is 5.75 Å². The molecule has 0 radical (unpaired) electrons. The Morgan fingerprint density at radius 3 is 2.53 bits per heavy atom. The van der Waals surface area contributed by atoms with Crippen molar-refractivity contribution in [3.63, 3.8) is 0 Å². The quantitative estimate of drug-likeness (QED) is 0.230. The van der Waals surface area contributed by atoms with Gasteiger partial charge in [0.25, 0.3) is 5.91 Å². The molecule has 3 aromatic carbocycles. The zero-order chi connectivity index (χ0) is 26.4. The van der Waals surface area contributed by atoms with E-state index in [4.69, 9.17) is 16.0 Å². The minimum absolute atomic E-state index is 0.0336. The number of aliphatic carboxylic acids is 1. The zero-order valence-corrected chi connectivity index (χ0v) is 22.2. The van der Waals surface area contributed by atoms with Crippen molar-refractivity contribution in [3.05, 3.63) is 88.5 Å². The Balaban J connectivity index is 1.22. The number of furan rings is 1. The van der Waals surface area contributed by atoms with Gasteiger partial charge in [-0.25, -0.2) is 4.79 Å². The van der Waals surface area contributed by atoms with Gasteiger partial charge in [-0.2, -0.15) is 0 Å². The van der Waals surface area contributed by atoms with E-state index in [2.05, 4.69) is 5.32 Å². The summed E-state index contributed by atoms with van der Waals surface area (Å²) >= 11 is 8.71. The van der Waals surface area contributed by atoms with Crippen LogP contribution in [0.25, 0.3) is 21.9 Å². The van der Waals surface area contributed by atoms with E-state index in [9.17, 15) is 19.5 Å². The number of nitrogens with one attached hydrogen (secondary N) is 1. The second-order valence-electron chi connectivity index (χ2n) is 9.02. The lowest BCUT2D eigenvalue weighted by Crippen LogP contribution is -2.70. The number of carbonyl (C=O) groups is 3. The number of halogens is 1. The van der Waals surface area contributed by atoms with Gasteiger partial charge in [0.15, 0.2) is 0 Å². The average molecular weight is 565 g/mol. The van der Waals surface area contributed by atoms with E-state index in [1.807, 2.05) is 66.7 Å². The fourth-order valence-electron chi connectivity index (χ4n) is 4.77. The molecule has 1 saturated heterocycles. The van der Waals surface area contributed by atoms with Gasteiger partial charge >= 0.3 is 5.97 Å². The largest absolute Gasteiger partial charge is 0.477 e. The molecule has 0 aliphatic carbocycles. The third-order valence-electron chi connectivity index (χ3n) is 6.56. The number of β-lactam (4-membered cyclic amide) rings is 1. The third-order valence-corrected chi connectivity index (χ3v) is 9.41. The van der Waals surface area contributed by atoms with Gasteiger partial charge in [0, 0.05) is 32.2 Å². The van der Waals surface area contributed by atoms with Crippen LogP contribution in [0.5, 0.6) is 0 Å². The number of nitrogens with zero attached hydrogens (tertiary/aromatic N) is 1. The molecule has 2 amide bonds. The van der Waals surface area contributed by atoms with E-state index in [1.54, 1.807) is 0 Å². The Morgan fingerprint density at radius 2 is 1.79 bits per heavy atom. The number of carbonyl (C=O) groups excluding carboxylic acids is 2. The third kappa shape index (κ3) is 4.44. The summed E-state index contributed by atoms with van der Waals surface area (Å²) < 4.78 is 6.04. The Bertz CT molecular complexity index is 1630. The second kappa shape index (κ2) is 10.1. The van der Waals surface area contributed by atoms with Gasteiger partial charge in [-0.3, -0.25) is 14.5 Å². The fourth-order valence-corrected chi connectivity index (χ4v) is 7.43. The SMILES string of the molecule is O=C(Cc1ccccc1)N[C@@H]1C(=O)N2C(C(=O)O)=C(Sc3ccc4c(c3)oc3cc(CCl)ccc34)CS[C@H]12. The number of amides is 2. The van der Waals surface area contributed by atoms with Gasteiger partial charge in [0.1, 0.15) is 28.3 Å². The topological polar surface area (TPSA) is 99.9 Å². The normalized spacial score (nSPS) is 19.0. The summed E-state index contributed by atoms with van der Waals surface area (Å²) in [6.07, 6.45) is 0.155. The number of alkyl halides is 1. The predicted octanol–water partition coefficient (Wildman–Crippen LogP) is 5.36. The van der Waals surface area contributed by atoms with Gasteiger partial charge in [-0.15, -0.1) is 23.4 Å². The zero-order valence-electron chi connectivity index (χ0n) is 19.8. The molecule has 0 saturated carbocycles. The van der Waals surface area contributed by atoms with Crippen molar-refractivity contribution < 1.29 is 23.9 Å². The Morgan fingerprint density at radius 1 is 1.05 bits per heavy atom. The smallest absolute Gasteiger partial charge is 0.353 e. The molecule has 2 aliphatic rings. The highest BCUT2D eigenvalue weighted by Crippen LogP contribution is 2.45. The van der Waals surface area contributed by atoms with Crippen LogP contribution in [0.4, 0.5) is 0 Å². The molecule has 192 valence electrons. The highest BCUT2D eigenvalue weighted by atomic mass is 35.5. The summed E-state index contributed by atoms with van der Waals surface area (Å²) in [5.74, 6) is -1.05. The number of hydrogen-bond acceptors (Lipinski definition) is 6. The van der Waals surface area contributed by atoms with Crippen molar-refractivity contribution in [1.29, 1.82) is 0 Å². The van der Waals surface area contributed by atoms with Crippen LogP contribution in [0.2, 0.25) is 0 Å². The molecule has 2 aliphatic heterocycles. The molecule has 3 heterocycles. The fraction of sp³-hybridized carbons (Fsp3) is 0.179. The average Bonchev–Trinajstić information content (AvgIpc) is 3.28. The van der Waals surface area contributed by atoms with Crippen LogP contribution >= 0.6 is 35.1 Å². The van der Waals surface area contributed by atoms with E-state index in [0.717, 1.165) is 32.4 Å². The highest BCUT2D eigenvalue weighted by Gasteiger charge is 2.54. The van der Waals surface area contributed by atoms with Crippen molar-refractivity contribution in [2.24, 2.45) is 0 Å². The molecule has 6 rings (SSSR count). The summed E-state index contributed by atoms with van der Waals surface area (Å²) in [4.78, 5) is 40.4. The van der Waals surface area contributed by atoms with Gasteiger partial charge < -0.3 is 14.8 Å². The number of carboxylic acid groups (broad SMARTS) is 1. The first-order chi connectivity index (χ1) is 18.4. The Kier molecular flexibility index (Phi) is 6.59. The summed E-state index contributed by atoms with van der Waals surface area (Å²) in [6.45, 7) is 0. The molecule has 0 bridgehead atoms. The van der Waals surface area contributed by atoms with Crippen LogP contribution in [0.3, 0.4) is 0 Å². The first-order valence-electron chi connectivity index (χ1n) is 11.9. The lowest BCUT2D eigenvalue weighted by atomic mass is 10.0. The van der Waals surface area contributed by atoms with Crippen molar-refractivity contribution in [2.45, 2.75) is 28.6 Å². The molecular weight excluding hydrogens is 544 g/mol. The van der Waals surface area contributed by atoms with E-state index in [1.165, 1.54) is 28.4 Å². The molecule has 1 fully saturated rings. The van der Waals surface area contributed by atoms with Gasteiger partial charge in [0.2, 0.25) is 5.91 Å². The molecular formula is C28H21ClN2O5S2. The molecule has 38 heavy (non-hydrogen) atoms. The molecule has 0 unspecified atom stereocenters. The molecule has 1 aromatic heterocycles. The van der Waals surface area contributed by atoms with Gasteiger partial charge in [0.05, 0.1) is 6.42 Å². The second-order valence-corrected chi connectivity index (χ2v) is 11.6. The number of thioether (sulfide) groups is 2. The van der Waals surface area contributed by atoms with Gasteiger partial charge in [-0.05, 0) is 35.4 Å². The van der Waals surface area contributed by atoms with E-state index >= 15 is 0 Å². The summed E-state index contributed by atoms with van der Waals surface area (Å²) in [7, 11) is 0. The van der Waals surface area contributed by atoms with E-state index in [0.29, 0.717) is 22.1 Å². The predicted molar refractivity (Wildman–Crippen MR) is 149 cm³/mol. The molecule has 2 atom stereocenters. The lowest BCUT2D eigenvalue weighted by molar-refractivity contribution is -0.150. The first kappa shape index (κ1) is 24.9. The summed E-state index contributed by atoms with van der Waals surface area (Å²) in [5, 5.41) is 14.3. The standard InChI is InChI=1S/C28H21ClN2O5S2/c29-13-16-6-8-18-19-9-7-17(12-21(19)36-20(18)10-16)38-22-14-37-27-24(26(33)31(27)25(22)28(34)35)30-23(32)11-15-4-2-1-3-5-15/h1-10,12,24,27H,11,13-14H2,(H,30,32)(H,34,35)/t24-,27-/m1/s1. The number of benzene rings is 3. The van der Waals surface area contributed by atoms with Crippen molar-refractivity contribution >= 4 is 74.8 Å². The Hall–Kier alpha value is -3.40. The molecule has 10 heteroatoms. The molecule has 7 nitrogen and oxygen atoms in total. The molecule has 0 spiro atoms. The summed E-state index contributed by atoms with van der Waals surface area (Å²) in [6, 6.07) is 20.1. The minimum atomic E-state index is -1.17. The maximum absolute atomic E-state index is 13.0. The van der Waals surface area contributed by atoms with Crippen LogP contribution in [-0.2, 0) is 26.7 Å². The first-order valence-corrected chi connectivity index (χ1v) is 14.3. The number of fused-ring (bicyclic) bond motifs is 4. The van der Waals surface area contributed by atoms with Crippen LogP contribution in [-0.4, -0.2) is 45.0 Å². The van der Waals surface area contributed by atoms with E-state index < -0.39 is 23.3 Å². The van der Waals surface area contributed by atoms with E-state index in [-0.39, 0.29) is 18.0 Å². The van der Waals surface area contributed by atoms with Gasteiger partial charge in [-0.1, -0.05) is 54.2 Å². The maximum atomic E-state index is 13.0. The van der Waals surface area contributed by atoms with Crippen LogP contribution in [0, 0.1) is 0 Å². The maximum Gasteiger partial charge on any atom is 0.353 e. The molecule has 4 aromatic rings. The molecule has 2 N–H and O–H groups in total. The van der Waals surface area contributed by atoms with Crippen molar-refractivity contribution in [1.82, 2.24) is 10.2 Å². The van der Waals surface area contributed by atoms with Crippen LogP contribution in [0.15, 0.2) is 86.6 Å². The Labute approximate surface area is 231 Å². The number of rotatable bonds is 7. The van der Waals surface area contributed by atoms with Crippen LogP contribution < -0.4 is 5.32 Å². The highest BCUT2D eigenvalue weighted by molar-refractivity contribution is 8.06. The van der Waals surface area contributed by atoms with Crippen LogP contribution in [0.1, 0.15) is 11.1 Å². The number of carboxylic acids is 1. The number of hydrogen-bond donors (Lipinski definition) is 2. The monoisotopic (exact) mass is 564 g/mol. The lowest BCUT2D eigenvalue weighted by Gasteiger charge is -2.49. The van der Waals surface area contributed by atoms with Crippen molar-refractivity contribution in [3.8, 4) is 0 Å².